The van der Waals surface area contributed by atoms with Gasteiger partial charge in [0, 0.05) is 25.7 Å². The highest BCUT2D eigenvalue weighted by molar-refractivity contribution is 5.31. The van der Waals surface area contributed by atoms with Crippen LogP contribution in [0.25, 0.3) is 0 Å². The van der Waals surface area contributed by atoms with Crippen molar-refractivity contribution in [3.63, 3.8) is 0 Å². The molecule has 1 aliphatic heterocycles. The van der Waals surface area contributed by atoms with E-state index in [2.05, 4.69) is 74.9 Å². The molecule has 1 heterocycles. The summed E-state index contributed by atoms with van der Waals surface area (Å²) in [7, 11) is 2.17. The molecule has 3 nitrogen and oxygen atoms in total. The van der Waals surface area contributed by atoms with Gasteiger partial charge in [0.05, 0.1) is 6.07 Å². The number of piperazine rings is 1. The average Bonchev–Trinajstić information content (AvgIpc) is 2.49. The van der Waals surface area contributed by atoms with E-state index < -0.39 is 0 Å². The first-order valence-corrected chi connectivity index (χ1v) is 8.31. The van der Waals surface area contributed by atoms with E-state index in [4.69, 9.17) is 0 Å². The third-order valence-corrected chi connectivity index (χ3v) is 4.75. The van der Waals surface area contributed by atoms with E-state index in [0.717, 1.165) is 31.6 Å². The average molecular weight is 299 g/mol. The summed E-state index contributed by atoms with van der Waals surface area (Å²) < 4.78 is 0. The Labute approximate surface area is 135 Å². The van der Waals surface area contributed by atoms with Crippen LogP contribution >= 0.6 is 0 Å². The molecule has 1 fully saturated rings. The fourth-order valence-corrected chi connectivity index (χ4v) is 3.23. The lowest BCUT2D eigenvalue weighted by Gasteiger charge is -2.42. The SMILES string of the molecule is CCC1CN(C)CCN1C(C#N)c1ccc(C(C)(C)C)cc1. The molecule has 3 heteroatoms. The van der Waals surface area contributed by atoms with Crippen LogP contribution in [0.1, 0.15) is 51.3 Å². The van der Waals surface area contributed by atoms with E-state index in [-0.39, 0.29) is 11.5 Å². The zero-order chi connectivity index (χ0) is 16.3. The molecule has 2 rings (SSSR count). The number of rotatable bonds is 3. The molecule has 0 aromatic heterocycles. The molecule has 0 amide bonds. The molecule has 1 saturated heterocycles. The third kappa shape index (κ3) is 3.69. The number of likely N-dealkylation sites (N-methyl/N-ethyl adjacent to an activating group) is 1. The third-order valence-electron chi connectivity index (χ3n) is 4.75. The Kier molecular flexibility index (Phi) is 5.26. The van der Waals surface area contributed by atoms with Crippen molar-refractivity contribution in [3.8, 4) is 6.07 Å². The Bertz CT molecular complexity index is 521. The fourth-order valence-electron chi connectivity index (χ4n) is 3.23. The van der Waals surface area contributed by atoms with Crippen molar-refractivity contribution in [3.05, 3.63) is 35.4 Å². The number of nitrogens with zero attached hydrogens (tertiary/aromatic N) is 3. The van der Waals surface area contributed by atoms with Crippen LogP contribution in [0.2, 0.25) is 0 Å². The van der Waals surface area contributed by atoms with Gasteiger partial charge in [-0.1, -0.05) is 52.0 Å². The second-order valence-corrected chi connectivity index (χ2v) is 7.47. The summed E-state index contributed by atoms with van der Waals surface area (Å²) in [5.41, 5.74) is 2.59. The number of hydrogen-bond acceptors (Lipinski definition) is 3. The molecule has 1 aromatic carbocycles. The molecule has 1 aliphatic rings. The minimum absolute atomic E-state index is 0.132. The van der Waals surface area contributed by atoms with E-state index in [9.17, 15) is 5.26 Å². The molecule has 120 valence electrons. The summed E-state index contributed by atoms with van der Waals surface area (Å²) in [6.07, 6.45) is 1.09. The van der Waals surface area contributed by atoms with Crippen LogP contribution in [0.5, 0.6) is 0 Å². The second-order valence-electron chi connectivity index (χ2n) is 7.47. The van der Waals surface area contributed by atoms with Gasteiger partial charge in [0.15, 0.2) is 0 Å². The van der Waals surface area contributed by atoms with Crippen LogP contribution < -0.4 is 0 Å². The monoisotopic (exact) mass is 299 g/mol. The van der Waals surface area contributed by atoms with Gasteiger partial charge < -0.3 is 4.90 Å². The highest BCUT2D eigenvalue weighted by Crippen LogP contribution is 2.28. The number of nitriles is 1. The molecule has 0 spiro atoms. The summed E-state index contributed by atoms with van der Waals surface area (Å²) in [4.78, 5) is 4.74. The molecule has 0 N–H and O–H groups in total. The van der Waals surface area contributed by atoms with E-state index in [1.807, 2.05) is 0 Å². The van der Waals surface area contributed by atoms with E-state index in [1.165, 1.54) is 5.56 Å². The fraction of sp³-hybridized carbons (Fsp3) is 0.632. The van der Waals surface area contributed by atoms with Crippen molar-refractivity contribution in [2.75, 3.05) is 26.7 Å². The maximum atomic E-state index is 9.73. The Balaban J connectivity index is 2.23. The molecule has 0 radical (unpaired) electrons. The summed E-state index contributed by atoms with van der Waals surface area (Å²) in [5, 5.41) is 9.73. The van der Waals surface area contributed by atoms with Crippen molar-refractivity contribution in [2.45, 2.75) is 51.6 Å². The zero-order valence-electron chi connectivity index (χ0n) is 14.6. The maximum Gasteiger partial charge on any atom is 0.124 e. The lowest BCUT2D eigenvalue weighted by Crippen LogP contribution is -2.52. The molecular weight excluding hydrogens is 270 g/mol. The van der Waals surface area contributed by atoms with Crippen molar-refractivity contribution in [1.29, 1.82) is 5.26 Å². The topological polar surface area (TPSA) is 30.3 Å². The first-order valence-electron chi connectivity index (χ1n) is 8.31. The van der Waals surface area contributed by atoms with Crippen LogP contribution in [-0.2, 0) is 5.41 Å². The largest absolute Gasteiger partial charge is 0.304 e. The second kappa shape index (κ2) is 6.81. The van der Waals surface area contributed by atoms with Crippen molar-refractivity contribution in [2.24, 2.45) is 0 Å². The highest BCUT2D eigenvalue weighted by atomic mass is 15.3. The molecule has 1 aromatic rings. The Morgan fingerprint density at radius 3 is 2.36 bits per heavy atom. The molecule has 22 heavy (non-hydrogen) atoms. The van der Waals surface area contributed by atoms with Gasteiger partial charge in [0.2, 0.25) is 0 Å². The summed E-state index contributed by atoms with van der Waals surface area (Å²) in [5.74, 6) is 0. The zero-order valence-corrected chi connectivity index (χ0v) is 14.6. The predicted molar refractivity (Wildman–Crippen MR) is 91.8 cm³/mol. The summed E-state index contributed by atoms with van der Waals surface area (Å²) >= 11 is 0. The lowest BCUT2D eigenvalue weighted by atomic mass is 9.86. The Morgan fingerprint density at radius 1 is 1.23 bits per heavy atom. The van der Waals surface area contributed by atoms with Gasteiger partial charge in [-0.2, -0.15) is 5.26 Å². The van der Waals surface area contributed by atoms with Gasteiger partial charge in [-0.25, -0.2) is 0 Å². The first-order chi connectivity index (χ1) is 10.4. The molecule has 0 saturated carbocycles. The minimum atomic E-state index is -0.132. The van der Waals surface area contributed by atoms with Crippen LogP contribution in [-0.4, -0.2) is 42.5 Å². The number of benzene rings is 1. The minimum Gasteiger partial charge on any atom is -0.304 e. The van der Waals surface area contributed by atoms with Gasteiger partial charge in [-0.3, -0.25) is 4.90 Å². The first kappa shape index (κ1) is 17.0. The Morgan fingerprint density at radius 2 is 1.86 bits per heavy atom. The van der Waals surface area contributed by atoms with Gasteiger partial charge in [0.25, 0.3) is 0 Å². The van der Waals surface area contributed by atoms with E-state index >= 15 is 0 Å². The molecule has 2 unspecified atom stereocenters. The van der Waals surface area contributed by atoms with Gasteiger partial charge in [-0.15, -0.1) is 0 Å². The molecular formula is C19H29N3. The number of hydrogen-bond donors (Lipinski definition) is 0. The smallest absolute Gasteiger partial charge is 0.124 e. The van der Waals surface area contributed by atoms with Crippen LogP contribution in [0, 0.1) is 11.3 Å². The highest BCUT2D eigenvalue weighted by Gasteiger charge is 2.30. The maximum absolute atomic E-state index is 9.73. The van der Waals surface area contributed by atoms with E-state index in [0.29, 0.717) is 6.04 Å². The molecule has 2 atom stereocenters. The lowest BCUT2D eigenvalue weighted by molar-refractivity contribution is 0.0675. The molecule has 0 bridgehead atoms. The van der Waals surface area contributed by atoms with Crippen LogP contribution in [0.15, 0.2) is 24.3 Å². The van der Waals surface area contributed by atoms with Crippen molar-refractivity contribution in [1.82, 2.24) is 9.80 Å². The van der Waals surface area contributed by atoms with Crippen LogP contribution in [0.3, 0.4) is 0 Å². The van der Waals surface area contributed by atoms with Crippen LogP contribution in [0.4, 0.5) is 0 Å². The quantitative estimate of drug-likeness (QED) is 0.854. The predicted octanol–water partition coefficient (Wildman–Crippen LogP) is 3.57. The van der Waals surface area contributed by atoms with Gasteiger partial charge in [0.1, 0.15) is 6.04 Å². The molecule has 0 aliphatic carbocycles. The van der Waals surface area contributed by atoms with Crippen molar-refractivity contribution >= 4 is 0 Å². The van der Waals surface area contributed by atoms with E-state index in [1.54, 1.807) is 0 Å². The Hall–Kier alpha value is -1.37. The van der Waals surface area contributed by atoms with Gasteiger partial charge in [-0.05, 0) is 30.0 Å². The summed E-state index contributed by atoms with van der Waals surface area (Å²) in [6, 6.07) is 11.5. The standard InChI is InChI=1S/C19H29N3/c1-6-17-14-21(5)11-12-22(17)18(13-20)15-7-9-16(10-8-15)19(2,3)4/h7-10,17-18H,6,11-12,14H2,1-5H3. The summed E-state index contributed by atoms with van der Waals surface area (Å²) in [6.45, 7) is 11.9. The van der Waals surface area contributed by atoms with Gasteiger partial charge >= 0.3 is 0 Å². The van der Waals surface area contributed by atoms with Crippen molar-refractivity contribution < 1.29 is 0 Å². The normalized spacial score (nSPS) is 22.3.